The summed E-state index contributed by atoms with van der Waals surface area (Å²) in [6.45, 7) is 1.92. The molecule has 0 bridgehead atoms. The van der Waals surface area contributed by atoms with Crippen LogP contribution in [0.5, 0.6) is 0 Å². The van der Waals surface area contributed by atoms with Crippen LogP contribution in [0.15, 0.2) is 18.6 Å². The van der Waals surface area contributed by atoms with E-state index in [4.69, 9.17) is 9.47 Å². The highest BCUT2D eigenvalue weighted by molar-refractivity contribution is 5.05. The van der Waals surface area contributed by atoms with Gasteiger partial charge in [0.15, 0.2) is 0 Å². The summed E-state index contributed by atoms with van der Waals surface area (Å²) in [5.41, 5.74) is 0.885. The molecule has 0 aliphatic carbocycles. The van der Waals surface area contributed by atoms with Gasteiger partial charge < -0.3 is 14.8 Å². The zero-order valence-electron chi connectivity index (χ0n) is 8.72. The van der Waals surface area contributed by atoms with Crippen LogP contribution in [-0.2, 0) is 9.47 Å². The van der Waals surface area contributed by atoms with Crippen molar-refractivity contribution in [1.82, 2.24) is 15.3 Å². The molecule has 0 radical (unpaired) electrons. The van der Waals surface area contributed by atoms with Gasteiger partial charge in [-0.15, -0.1) is 0 Å². The first-order chi connectivity index (χ1) is 7.42. The van der Waals surface area contributed by atoms with Crippen LogP contribution in [-0.4, -0.2) is 42.9 Å². The highest BCUT2D eigenvalue weighted by atomic mass is 16.6. The van der Waals surface area contributed by atoms with Crippen molar-refractivity contribution in [1.29, 1.82) is 0 Å². The monoisotopic (exact) mass is 209 g/mol. The Morgan fingerprint density at radius 1 is 1.47 bits per heavy atom. The van der Waals surface area contributed by atoms with Gasteiger partial charge in [-0.05, 0) is 7.05 Å². The van der Waals surface area contributed by atoms with Gasteiger partial charge in [0.2, 0.25) is 0 Å². The van der Waals surface area contributed by atoms with Gasteiger partial charge in [0.25, 0.3) is 0 Å². The molecule has 5 heteroatoms. The molecule has 1 fully saturated rings. The Bertz CT molecular complexity index is 288. The topological polar surface area (TPSA) is 56.3 Å². The molecule has 1 saturated heterocycles. The summed E-state index contributed by atoms with van der Waals surface area (Å²) in [4.78, 5) is 8.31. The van der Waals surface area contributed by atoms with Gasteiger partial charge in [-0.1, -0.05) is 0 Å². The van der Waals surface area contributed by atoms with Crippen LogP contribution in [0.25, 0.3) is 0 Å². The molecule has 2 rings (SSSR count). The van der Waals surface area contributed by atoms with Gasteiger partial charge in [0.1, 0.15) is 6.10 Å². The maximum atomic E-state index is 5.63. The second kappa shape index (κ2) is 5.16. The normalized spacial score (nSPS) is 23.7. The number of nitrogens with zero attached hydrogens (tertiary/aromatic N) is 2. The summed E-state index contributed by atoms with van der Waals surface area (Å²) in [6, 6.07) is 0.0407. The lowest BCUT2D eigenvalue weighted by molar-refractivity contribution is -0.102. The number of nitrogens with one attached hydrogen (secondary N) is 1. The van der Waals surface area contributed by atoms with Crippen molar-refractivity contribution in [2.45, 2.75) is 12.1 Å². The van der Waals surface area contributed by atoms with Gasteiger partial charge in [0, 0.05) is 12.4 Å². The first kappa shape index (κ1) is 10.5. The zero-order valence-corrected chi connectivity index (χ0v) is 8.72. The van der Waals surface area contributed by atoms with Crippen LogP contribution < -0.4 is 5.32 Å². The first-order valence-corrected chi connectivity index (χ1v) is 5.04. The molecule has 0 saturated carbocycles. The van der Waals surface area contributed by atoms with Crippen LogP contribution in [0.2, 0.25) is 0 Å². The van der Waals surface area contributed by atoms with Crippen LogP contribution in [0, 0.1) is 0 Å². The fourth-order valence-electron chi connectivity index (χ4n) is 1.69. The third-order valence-corrected chi connectivity index (χ3v) is 2.43. The Labute approximate surface area is 88.8 Å². The summed E-state index contributed by atoms with van der Waals surface area (Å²) in [7, 11) is 1.89. The molecule has 1 aromatic rings. The molecule has 0 spiro atoms. The minimum absolute atomic E-state index is 0.0143. The van der Waals surface area contributed by atoms with Gasteiger partial charge >= 0.3 is 0 Å². The fourth-order valence-corrected chi connectivity index (χ4v) is 1.69. The van der Waals surface area contributed by atoms with Crippen LogP contribution in [0.3, 0.4) is 0 Å². The van der Waals surface area contributed by atoms with Crippen LogP contribution in [0.1, 0.15) is 11.7 Å². The predicted molar refractivity (Wildman–Crippen MR) is 54.4 cm³/mol. The smallest absolute Gasteiger partial charge is 0.102 e. The van der Waals surface area contributed by atoms with Crippen molar-refractivity contribution < 1.29 is 9.47 Å². The summed E-state index contributed by atoms with van der Waals surface area (Å²) in [6.07, 6.45) is 5.11. The Hall–Kier alpha value is -1.04. The van der Waals surface area contributed by atoms with Crippen molar-refractivity contribution >= 4 is 0 Å². The molecular formula is C10H15N3O2. The van der Waals surface area contributed by atoms with E-state index in [0.29, 0.717) is 19.8 Å². The second-order valence-electron chi connectivity index (χ2n) is 3.38. The highest BCUT2D eigenvalue weighted by Gasteiger charge is 2.26. The third kappa shape index (κ3) is 2.50. The number of hydrogen-bond donors (Lipinski definition) is 1. The van der Waals surface area contributed by atoms with E-state index >= 15 is 0 Å². The summed E-state index contributed by atoms with van der Waals surface area (Å²) in [5, 5.41) is 3.18. The number of hydrogen-bond acceptors (Lipinski definition) is 5. The Morgan fingerprint density at radius 3 is 3.00 bits per heavy atom. The van der Waals surface area contributed by atoms with E-state index in [1.165, 1.54) is 0 Å². The molecule has 0 aromatic carbocycles. The van der Waals surface area contributed by atoms with Crippen molar-refractivity contribution in [3.8, 4) is 0 Å². The van der Waals surface area contributed by atoms with Gasteiger partial charge in [0.05, 0.1) is 37.8 Å². The zero-order chi connectivity index (χ0) is 10.5. The predicted octanol–water partition coefficient (Wildman–Crippen LogP) is 0.152. The minimum Gasteiger partial charge on any atom is -0.376 e. The summed E-state index contributed by atoms with van der Waals surface area (Å²) in [5.74, 6) is 0. The molecule has 1 N–H and O–H groups in total. The van der Waals surface area contributed by atoms with Crippen LogP contribution in [0.4, 0.5) is 0 Å². The molecule has 15 heavy (non-hydrogen) atoms. The van der Waals surface area contributed by atoms with E-state index in [9.17, 15) is 0 Å². The van der Waals surface area contributed by atoms with Crippen molar-refractivity contribution in [3.05, 3.63) is 24.3 Å². The van der Waals surface area contributed by atoms with Gasteiger partial charge in [-0.25, -0.2) is 0 Å². The molecule has 1 aromatic heterocycles. The van der Waals surface area contributed by atoms with E-state index in [-0.39, 0.29) is 12.1 Å². The molecule has 2 unspecified atom stereocenters. The molecular weight excluding hydrogens is 194 g/mol. The lowest BCUT2D eigenvalue weighted by Gasteiger charge is -2.29. The maximum absolute atomic E-state index is 5.63. The number of likely N-dealkylation sites (N-methyl/N-ethyl adjacent to an activating group) is 1. The first-order valence-electron chi connectivity index (χ1n) is 5.04. The quantitative estimate of drug-likeness (QED) is 0.768. The van der Waals surface area contributed by atoms with E-state index < -0.39 is 0 Å². The Morgan fingerprint density at radius 2 is 2.40 bits per heavy atom. The van der Waals surface area contributed by atoms with Crippen molar-refractivity contribution in [2.75, 3.05) is 26.9 Å². The Kier molecular flexibility index (Phi) is 3.60. The maximum Gasteiger partial charge on any atom is 0.102 e. The highest BCUT2D eigenvalue weighted by Crippen LogP contribution is 2.18. The van der Waals surface area contributed by atoms with Gasteiger partial charge in [-0.2, -0.15) is 0 Å². The molecule has 1 aliphatic rings. The average Bonchev–Trinajstić information content (AvgIpc) is 2.33. The van der Waals surface area contributed by atoms with Crippen LogP contribution >= 0.6 is 0 Å². The van der Waals surface area contributed by atoms with E-state index in [1.807, 2.05) is 7.05 Å². The summed E-state index contributed by atoms with van der Waals surface area (Å²) < 4.78 is 11.0. The molecule has 5 nitrogen and oxygen atoms in total. The Balaban J connectivity index is 2.09. The van der Waals surface area contributed by atoms with E-state index in [0.717, 1.165) is 5.69 Å². The average molecular weight is 209 g/mol. The van der Waals surface area contributed by atoms with E-state index in [2.05, 4.69) is 15.3 Å². The largest absolute Gasteiger partial charge is 0.376 e. The van der Waals surface area contributed by atoms with Crippen molar-refractivity contribution in [2.24, 2.45) is 0 Å². The lowest BCUT2D eigenvalue weighted by atomic mass is 10.1. The number of aromatic nitrogens is 2. The molecule has 2 atom stereocenters. The third-order valence-electron chi connectivity index (χ3n) is 2.43. The minimum atomic E-state index is 0.0143. The second-order valence-corrected chi connectivity index (χ2v) is 3.38. The lowest BCUT2D eigenvalue weighted by Crippen LogP contribution is -2.39. The number of rotatable bonds is 3. The van der Waals surface area contributed by atoms with E-state index in [1.54, 1.807) is 18.6 Å². The molecule has 0 amide bonds. The standard InChI is InChI=1S/C10H15N3O2/c1-11-10(8-6-12-2-3-13-8)9-7-14-4-5-15-9/h2-3,6,9-11H,4-5,7H2,1H3. The fraction of sp³-hybridized carbons (Fsp3) is 0.600. The molecule has 82 valence electrons. The SMILES string of the molecule is CNC(c1cnccn1)C1COCCO1. The molecule has 1 aliphatic heterocycles. The molecule has 2 heterocycles. The van der Waals surface area contributed by atoms with Crippen molar-refractivity contribution in [3.63, 3.8) is 0 Å². The summed E-state index contributed by atoms with van der Waals surface area (Å²) >= 11 is 0. The number of ether oxygens (including phenoxy) is 2. The van der Waals surface area contributed by atoms with Gasteiger partial charge in [-0.3, -0.25) is 9.97 Å².